The van der Waals surface area contributed by atoms with Crippen LogP contribution in [0.2, 0.25) is 0 Å². The van der Waals surface area contributed by atoms with Gasteiger partial charge in [-0.05, 0) is 43.7 Å². The molecular weight excluding hydrogens is 228 g/mol. The minimum Gasteiger partial charge on any atom is -0.478 e. The fourth-order valence-corrected chi connectivity index (χ4v) is 2.37. The number of carbonyl (C=O) groups is 1. The van der Waals surface area contributed by atoms with E-state index in [0.29, 0.717) is 6.04 Å². The van der Waals surface area contributed by atoms with Gasteiger partial charge in [-0.3, -0.25) is 4.98 Å². The van der Waals surface area contributed by atoms with E-state index in [-0.39, 0.29) is 5.56 Å². The maximum Gasteiger partial charge on any atom is 0.337 e. The second-order valence-electron chi connectivity index (χ2n) is 5.18. The molecule has 0 radical (unpaired) electrons. The first-order valence-electron chi connectivity index (χ1n) is 6.57. The molecule has 1 saturated carbocycles. The third-order valence-electron chi connectivity index (χ3n) is 3.66. The zero-order chi connectivity index (χ0) is 13.0. The van der Waals surface area contributed by atoms with Crippen LogP contribution in [-0.2, 0) is 6.54 Å². The summed E-state index contributed by atoms with van der Waals surface area (Å²) >= 11 is 0. The van der Waals surface area contributed by atoms with Crippen molar-refractivity contribution in [1.82, 2.24) is 10.3 Å². The summed E-state index contributed by atoms with van der Waals surface area (Å²) in [6.45, 7) is 3.03. The van der Waals surface area contributed by atoms with E-state index < -0.39 is 5.97 Å². The molecule has 0 unspecified atom stereocenters. The highest BCUT2D eigenvalue weighted by molar-refractivity contribution is 5.87. The molecule has 0 saturated heterocycles. The van der Waals surface area contributed by atoms with Gasteiger partial charge in [0.25, 0.3) is 0 Å². The van der Waals surface area contributed by atoms with Crippen LogP contribution in [0.4, 0.5) is 0 Å². The minimum absolute atomic E-state index is 0.241. The Hall–Kier alpha value is -1.42. The van der Waals surface area contributed by atoms with Gasteiger partial charge >= 0.3 is 5.97 Å². The maximum atomic E-state index is 10.7. The number of hydrogen-bond acceptors (Lipinski definition) is 3. The summed E-state index contributed by atoms with van der Waals surface area (Å²) in [5.41, 5.74) is 1.14. The number of aromatic nitrogens is 1. The van der Waals surface area contributed by atoms with Crippen molar-refractivity contribution in [2.75, 3.05) is 0 Å². The summed E-state index contributed by atoms with van der Waals surface area (Å²) < 4.78 is 0. The number of hydrogen-bond donors (Lipinski definition) is 2. The van der Waals surface area contributed by atoms with Crippen LogP contribution in [0.15, 0.2) is 18.3 Å². The van der Waals surface area contributed by atoms with Crippen LogP contribution in [-0.4, -0.2) is 22.1 Å². The van der Waals surface area contributed by atoms with Crippen molar-refractivity contribution in [2.24, 2.45) is 5.92 Å². The number of carboxylic acids is 1. The lowest BCUT2D eigenvalue weighted by Gasteiger charge is -2.26. The molecule has 0 aliphatic heterocycles. The summed E-state index contributed by atoms with van der Waals surface area (Å²) in [5, 5.41) is 12.3. The van der Waals surface area contributed by atoms with Crippen LogP contribution in [0, 0.1) is 5.92 Å². The Balaban J connectivity index is 1.81. The molecule has 0 atom stereocenters. The van der Waals surface area contributed by atoms with Crippen LogP contribution in [0.1, 0.15) is 48.7 Å². The zero-order valence-corrected chi connectivity index (χ0v) is 10.7. The lowest BCUT2D eigenvalue weighted by Crippen LogP contribution is -2.32. The van der Waals surface area contributed by atoms with Crippen molar-refractivity contribution >= 4 is 5.97 Å². The predicted molar refractivity (Wildman–Crippen MR) is 69.5 cm³/mol. The van der Waals surface area contributed by atoms with Crippen LogP contribution in [0.3, 0.4) is 0 Å². The van der Waals surface area contributed by atoms with E-state index in [1.54, 1.807) is 12.1 Å². The van der Waals surface area contributed by atoms with E-state index in [1.807, 2.05) is 0 Å². The fraction of sp³-hybridized carbons (Fsp3) is 0.571. The minimum atomic E-state index is -0.928. The molecule has 1 aromatic heterocycles. The third kappa shape index (κ3) is 3.53. The molecule has 2 N–H and O–H groups in total. The van der Waals surface area contributed by atoms with Gasteiger partial charge in [-0.2, -0.15) is 0 Å². The molecule has 2 rings (SSSR count). The number of nitrogens with one attached hydrogen (secondary N) is 1. The molecule has 1 fully saturated rings. The van der Waals surface area contributed by atoms with Gasteiger partial charge in [0.05, 0.1) is 11.3 Å². The number of nitrogens with zero attached hydrogens (tertiary/aromatic N) is 1. The van der Waals surface area contributed by atoms with Gasteiger partial charge in [0.2, 0.25) is 0 Å². The third-order valence-corrected chi connectivity index (χ3v) is 3.66. The molecule has 1 aromatic rings. The average Bonchev–Trinajstić information content (AvgIpc) is 2.38. The fourth-order valence-electron chi connectivity index (χ4n) is 2.37. The number of aromatic carboxylic acids is 1. The van der Waals surface area contributed by atoms with Crippen molar-refractivity contribution < 1.29 is 9.90 Å². The molecule has 1 heterocycles. The lowest BCUT2D eigenvalue weighted by molar-refractivity contribution is 0.0696. The molecule has 1 aliphatic rings. The largest absolute Gasteiger partial charge is 0.478 e. The quantitative estimate of drug-likeness (QED) is 0.859. The Morgan fingerprint density at radius 3 is 2.67 bits per heavy atom. The van der Waals surface area contributed by atoms with E-state index in [1.165, 1.54) is 31.9 Å². The molecule has 0 aromatic carbocycles. The van der Waals surface area contributed by atoms with Crippen molar-refractivity contribution in [2.45, 2.75) is 45.2 Å². The summed E-state index contributed by atoms with van der Waals surface area (Å²) in [4.78, 5) is 14.8. The van der Waals surface area contributed by atoms with Gasteiger partial charge in [-0.25, -0.2) is 4.79 Å². The predicted octanol–water partition coefficient (Wildman–Crippen LogP) is 2.45. The Labute approximate surface area is 107 Å². The van der Waals surface area contributed by atoms with Gasteiger partial charge in [-0.15, -0.1) is 0 Å². The summed E-state index contributed by atoms with van der Waals surface area (Å²) in [7, 11) is 0. The SMILES string of the molecule is CC1CCC(NCc2ccc(C(=O)O)cn2)CC1. The first-order chi connectivity index (χ1) is 8.65. The highest BCUT2D eigenvalue weighted by Gasteiger charge is 2.17. The van der Waals surface area contributed by atoms with Gasteiger partial charge in [0, 0.05) is 18.8 Å². The van der Waals surface area contributed by atoms with Crippen LogP contribution >= 0.6 is 0 Å². The van der Waals surface area contributed by atoms with Crippen molar-refractivity contribution in [3.63, 3.8) is 0 Å². The Bertz CT molecular complexity index is 395. The van der Waals surface area contributed by atoms with E-state index in [2.05, 4.69) is 17.2 Å². The number of rotatable bonds is 4. The molecule has 98 valence electrons. The summed E-state index contributed by atoms with van der Waals surface area (Å²) in [6, 6.07) is 3.97. The topological polar surface area (TPSA) is 62.2 Å². The molecule has 0 amide bonds. The highest BCUT2D eigenvalue weighted by atomic mass is 16.4. The normalized spacial score (nSPS) is 23.8. The zero-order valence-electron chi connectivity index (χ0n) is 10.7. The van der Waals surface area contributed by atoms with Crippen molar-refractivity contribution in [3.8, 4) is 0 Å². The van der Waals surface area contributed by atoms with Crippen LogP contribution in [0.5, 0.6) is 0 Å². The van der Waals surface area contributed by atoms with Crippen LogP contribution < -0.4 is 5.32 Å². The van der Waals surface area contributed by atoms with E-state index in [0.717, 1.165) is 18.2 Å². The van der Waals surface area contributed by atoms with Crippen molar-refractivity contribution in [1.29, 1.82) is 0 Å². The second kappa shape index (κ2) is 5.96. The number of carboxylic acid groups (broad SMARTS) is 1. The first-order valence-corrected chi connectivity index (χ1v) is 6.57. The van der Waals surface area contributed by atoms with Gasteiger partial charge in [0.15, 0.2) is 0 Å². The molecule has 1 aliphatic carbocycles. The molecular formula is C14H20N2O2. The Morgan fingerprint density at radius 2 is 2.11 bits per heavy atom. The summed E-state index contributed by atoms with van der Waals surface area (Å²) in [6.07, 6.45) is 6.47. The molecule has 0 spiro atoms. The van der Waals surface area contributed by atoms with Gasteiger partial charge in [0.1, 0.15) is 0 Å². The molecule has 0 bridgehead atoms. The first kappa shape index (κ1) is 13.0. The van der Waals surface area contributed by atoms with Gasteiger partial charge < -0.3 is 10.4 Å². The van der Waals surface area contributed by atoms with Gasteiger partial charge in [-0.1, -0.05) is 6.92 Å². The van der Waals surface area contributed by atoms with E-state index in [9.17, 15) is 4.79 Å². The maximum absolute atomic E-state index is 10.7. The van der Waals surface area contributed by atoms with Crippen molar-refractivity contribution in [3.05, 3.63) is 29.6 Å². The standard InChI is InChI=1S/C14H20N2O2/c1-10-2-5-12(6-3-10)16-9-13-7-4-11(8-15-13)14(17)18/h4,7-8,10,12,16H,2-3,5-6,9H2,1H3,(H,17,18). The Kier molecular flexibility index (Phi) is 4.31. The Morgan fingerprint density at radius 1 is 1.39 bits per heavy atom. The smallest absolute Gasteiger partial charge is 0.337 e. The van der Waals surface area contributed by atoms with E-state index in [4.69, 9.17) is 5.11 Å². The highest BCUT2D eigenvalue weighted by Crippen LogP contribution is 2.23. The molecule has 4 nitrogen and oxygen atoms in total. The monoisotopic (exact) mass is 248 g/mol. The van der Waals surface area contributed by atoms with E-state index >= 15 is 0 Å². The van der Waals surface area contributed by atoms with Crippen LogP contribution in [0.25, 0.3) is 0 Å². The number of pyridine rings is 1. The lowest BCUT2D eigenvalue weighted by atomic mass is 9.87. The second-order valence-corrected chi connectivity index (χ2v) is 5.18. The summed E-state index contributed by atoms with van der Waals surface area (Å²) in [5.74, 6) is -0.0701. The average molecular weight is 248 g/mol. The molecule has 4 heteroatoms. The molecule has 18 heavy (non-hydrogen) atoms.